The molecule has 0 heterocycles. The Hall–Kier alpha value is -0.820. The van der Waals surface area contributed by atoms with E-state index in [2.05, 4.69) is 30.4 Å². The van der Waals surface area contributed by atoms with Crippen molar-refractivity contribution in [3.8, 4) is 0 Å². The fourth-order valence-electron chi connectivity index (χ4n) is 3.30. The van der Waals surface area contributed by atoms with Crippen molar-refractivity contribution in [3.63, 3.8) is 0 Å². The third kappa shape index (κ3) is 1.89. The lowest BCUT2D eigenvalue weighted by Gasteiger charge is -2.19. The van der Waals surface area contributed by atoms with Crippen LogP contribution in [0.2, 0.25) is 0 Å². The van der Waals surface area contributed by atoms with Crippen LogP contribution < -0.4 is 5.32 Å². The van der Waals surface area contributed by atoms with Crippen molar-refractivity contribution in [1.82, 2.24) is 5.32 Å². The van der Waals surface area contributed by atoms with Gasteiger partial charge in [-0.1, -0.05) is 36.6 Å². The second-order valence-electron chi connectivity index (χ2n) is 5.44. The summed E-state index contributed by atoms with van der Waals surface area (Å²) in [5.74, 6) is 0. The van der Waals surface area contributed by atoms with Crippen LogP contribution in [0.5, 0.6) is 0 Å². The van der Waals surface area contributed by atoms with Gasteiger partial charge < -0.3 is 5.32 Å². The molecule has 1 saturated carbocycles. The van der Waals surface area contributed by atoms with Gasteiger partial charge in [-0.2, -0.15) is 0 Å². The molecule has 86 valence electrons. The molecule has 0 radical (unpaired) electrons. The molecule has 1 heteroatoms. The maximum atomic E-state index is 3.85. The van der Waals surface area contributed by atoms with Gasteiger partial charge in [0.05, 0.1) is 0 Å². The highest BCUT2D eigenvalue weighted by Gasteiger charge is 2.25. The molecule has 1 fully saturated rings. The van der Waals surface area contributed by atoms with Crippen LogP contribution in [0.25, 0.3) is 0 Å². The molecule has 0 amide bonds. The number of fused-ring (bicyclic) bond motifs is 1. The van der Waals surface area contributed by atoms with E-state index in [9.17, 15) is 0 Å². The highest BCUT2D eigenvalue weighted by molar-refractivity contribution is 5.37. The minimum absolute atomic E-state index is 0.638. The molecular formula is C15H21N. The summed E-state index contributed by atoms with van der Waals surface area (Å²) in [6, 6.07) is 8.39. The highest BCUT2D eigenvalue weighted by atomic mass is 15.0. The Morgan fingerprint density at radius 2 is 1.94 bits per heavy atom. The largest absolute Gasteiger partial charge is 0.307 e. The van der Waals surface area contributed by atoms with Crippen molar-refractivity contribution >= 4 is 0 Å². The van der Waals surface area contributed by atoms with E-state index in [1.54, 1.807) is 11.1 Å². The first-order valence-corrected chi connectivity index (χ1v) is 6.68. The first-order valence-electron chi connectivity index (χ1n) is 6.68. The third-order valence-corrected chi connectivity index (χ3v) is 4.17. The standard InChI is InChI=1S/C15H21N/c1-11-6-8-14-12(10-11)7-9-15(14)16-13-4-2-3-5-13/h6,8,10,13,15-16H,2-5,7,9H2,1H3. The van der Waals surface area contributed by atoms with Gasteiger partial charge >= 0.3 is 0 Å². The lowest BCUT2D eigenvalue weighted by atomic mass is 10.0. The lowest BCUT2D eigenvalue weighted by molar-refractivity contribution is 0.438. The van der Waals surface area contributed by atoms with E-state index in [4.69, 9.17) is 0 Å². The number of hydrogen-bond acceptors (Lipinski definition) is 1. The van der Waals surface area contributed by atoms with Crippen LogP contribution in [-0.2, 0) is 6.42 Å². The van der Waals surface area contributed by atoms with E-state index in [0.29, 0.717) is 6.04 Å². The zero-order chi connectivity index (χ0) is 11.0. The third-order valence-electron chi connectivity index (χ3n) is 4.17. The number of aryl methyl sites for hydroxylation is 2. The zero-order valence-electron chi connectivity index (χ0n) is 10.1. The molecule has 16 heavy (non-hydrogen) atoms. The molecule has 1 nitrogen and oxygen atoms in total. The van der Waals surface area contributed by atoms with Gasteiger partial charge in [0.15, 0.2) is 0 Å². The molecular weight excluding hydrogens is 194 g/mol. The second-order valence-corrected chi connectivity index (χ2v) is 5.44. The van der Waals surface area contributed by atoms with E-state index in [1.807, 2.05) is 0 Å². The van der Waals surface area contributed by atoms with Gasteiger partial charge in [-0.25, -0.2) is 0 Å². The molecule has 0 bridgehead atoms. The lowest BCUT2D eigenvalue weighted by Crippen LogP contribution is -2.29. The van der Waals surface area contributed by atoms with E-state index >= 15 is 0 Å². The maximum absolute atomic E-state index is 3.85. The van der Waals surface area contributed by atoms with Gasteiger partial charge in [-0.05, 0) is 43.7 Å². The van der Waals surface area contributed by atoms with Crippen LogP contribution >= 0.6 is 0 Å². The van der Waals surface area contributed by atoms with Crippen LogP contribution in [0, 0.1) is 6.92 Å². The Balaban J connectivity index is 1.75. The number of benzene rings is 1. The molecule has 0 aromatic heterocycles. The normalized spacial score (nSPS) is 24.9. The van der Waals surface area contributed by atoms with Crippen molar-refractivity contribution in [2.45, 2.75) is 57.5 Å². The van der Waals surface area contributed by atoms with E-state index in [1.165, 1.54) is 44.1 Å². The van der Waals surface area contributed by atoms with Crippen LogP contribution in [0.1, 0.15) is 54.8 Å². The summed E-state index contributed by atoms with van der Waals surface area (Å²) in [6.07, 6.45) is 8.18. The molecule has 1 aromatic carbocycles. The van der Waals surface area contributed by atoms with Crippen LogP contribution in [0.15, 0.2) is 18.2 Å². The molecule has 2 aliphatic carbocycles. The minimum Gasteiger partial charge on any atom is -0.307 e. The molecule has 1 N–H and O–H groups in total. The summed E-state index contributed by atoms with van der Waals surface area (Å²) in [7, 11) is 0. The van der Waals surface area contributed by atoms with Crippen molar-refractivity contribution in [2.75, 3.05) is 0 Å². The number of rotatable bonds is 2. The Morgan fingerprint density at radius 1 is 1.12 bits per heavy atom. The topological polar surface area (TPSA) is 12.0 Å². The molecule has 0 saturated heterocycles. The molecule has 1 aromatic rings. The Kier molecular flexibility index (Phi) is 2.72. The molecule has 3 rings (SSSR count). The predicted molar refractivity (Wildman–Crippen MR) is 67.6 cm³/mol. The fourth-order valence-corrected chi connectivity index (χ4v) is 3.30. The summed E-state index contributed by atoms with van der Waals surface area (Å²) in [5, 5.41) is 3.85. The van der Waals surface area contributed by atoms with Gasteiger partial charge in [0.1, 0.15) is 0 Å². The SMILES string of the molecule is Cc1ccc2c(c1)CCC2NC1CCCC1. The Labute approximate surface area is 98.3 Å². The van der Waals surface area contributed by atoms with Gasteiger partial charge in [-0.3, -0.25) is 0 Å². The van der Waals surface area contributed by atoms with Crippen LogP contribution in [-0.4, -0.2) is 6.04 Å². The van der Waals surface area contributed by atoms with Gasteiger partial charge in [0.2, 0.25) is 0 Å². The molecule has 0 spiro atoms. The fraction of sp³-hybridized carbons (Fsp3) is 0.600. The van der Waals surface area contributed by atoms with Crippen molar-refractivity contribution in [1.29, 1.82) is 0 Å². The van der Waals surface area contributed by atoms with E-state index < -0.39 is 0 Å². The summed E-state index contributed by atoms with van der Waals surface area (Å²) >= 11 is 0. The summed E-state index contributed by atoms with van der Waals surface area (Å²) in [4.78, 5) is 0. The van der Waals surface area contributed by atoms with Crippen molar-refractivity contribution in [2.24, 2.45) is 0 Å². The minimum atomic E-state index is 0.638. The number of hydrogen-bond donors (Lipinski definition) is 1. The Morgan fingerprint density at radius 3 is 2.75 bits per heavy atom. The first-order chi connectivity index (χ1) is 7.83. The smallest absolute Gasteiger partial charge is 0.0328 e. The average Bonchev–Trinajstić information content (AvgIpc) is 2.89. The van der Waals surface area contributed by atoms with Gasteiger partial charge in [0, 0.05) is 12.1 Å². The van der Waals surface area contributed by atoms with Crippen LogP contribution in [0.3, 0.4) is 0 Å². The second kappa shape index (κ2) is 4.21. The summed E-state index contributed by atoms with van der Waals surface area (Å²) in [5.41, 5.74) is 4.55. The predicted octanol–water partition coefficient (Wildman–Crippen LogP) is 3.51. The van der Waals surface area contributed by atoms with E-state index in [-0.39, 0.29) is 0 Å². The highest BCUT2D eigenvalue weighted by Crippen LogP contribution is 2.33. The van der Waals surface area contributed by atoms with Crippen molar-refractivity contribution < 1.29 is 0 Å². The van der Waals surface area contributed by atoms with Crippen LogP contribution in [0.4, 0.5) is 0 Å². The molecule has 0 aliphatic heterocycles. The molecule has 1 atom stereocenters. The monoisotopic (exact) mass is 215 g/mol. The Bertz CT molecular complexity index is 377. The number of nitrogens with one attached hydrogen (secondary N) is 1. The summed E-state index contributed by atoms with van der Waals surface area (Å²) in [6.45, 7) is 2.19. The molecule has 1 unspecified atom stereocenters. The zero-order valence-corrected chi connectivity index (χ0v) is 10.1. The molecule has 2 aliphatic rings. The van der Waals surface area contributed by atoms with E-state index in [0.717, 1.165) is 6.04 Å². The van der Waals surface area contributed by atoms with Gasteiger partial charge in [0.25, 0.3) is 0 Å². The van der Waals surface area contributed by atoms with Gasteiger partial charge in [-0.15, -0.1) is 0 Å². The average molecular weight is 215 g/mol. The summed E-state index contributed by atoms with van der Waals surface area (Å²) < 4.78 is 0. The maximum Gasteiger partial charge on any atom is 0.0328 e. The van der Waals surface area contributed by atoms with Crippen molar-refractivity contribution in [3.05, 3.63) is 34.9 Å². The first kappa shape index (κ1) is 10.3. The quantitative estimate of drug-likeness (QED) is 0.796.